The molecular weight excluding hydrogens is 268 g/mol. The van der Waals surface area contributed by atoms with Gasteiger partial charge in [0.1, 0.15) is 0 Å². The predicted octanol–water partition coefficient (Wildman–Crippen LogP) is 1.76. The first-order valence-corrected chi connectivity index (χ1v) is 7.12. The first-order chi connectivity index (χ1) is 10.1. The highest BCUT2D eigenvalue weighted by Gasteiger charge is 2.22. The Morgan fingerprint density at radius 3 is 2.62 bits per heavy atom. The van der Waals surface area contributed by atoms with Crippen LogP contribution >= 0.6 is 0 Å². The summed E-state index contributed by atoms with van der Waals surface area (Å²) in [5, 5.41) is 9.03. The number of anilines is 1. The lowest BCUT2D eigenvalue weighted by Gasteiger charge is -2.28. The summed E-state index contributed by atoms with van der Waals surface area (Å²) in [6, 6.07) is 9.52. The van der Waals surface area contributed by atoms with Crippen LogP contribution in [-0.2, 0) is 9.59 Å². The summed E-state index contributed by atoms with van der Waals surface area (Å²) in [6.07, 6.45) is 2.41. The Kier molecular flexibility index (Phi) is 5.11. The summed E-state index contributed by atoms with van der Waals surface area (Å²) in [5.41, 5.74) is 1.24. The number of benzene rings is 1. The van der Waals surface area contributed by atoms with Gasteiger partial charge in [-0.1, -0.05) is 24.3 Å². The predicted molar refractivity (Wildman–Crippen MR) is 81.2 cm³/mol. The summed E-state index contributed by atoms with van der Waals surface area (Å²) in [4.78, 5) is 27.1. The molecule has 0 aliphatic carbocycles. The van der Waals surface area contributed by atoms with Crippen LogP contribution in [0.3, 0.4) is 0 Å². The Hall–Kier alpha value is -2.14. The molecule has 1 aliphatic rings. The van der Waals surface area contributed by atoms with Crippen LogP contribution in [0.4, 0.5) is 5.69 Å². The maximum absolute atomic E-state index is 12.4. The van der Waals surface area contributed by atoms with Gasteiger partial charge in [0, 0.05) is 30.9 Å². The molecule has 0 saturated heterocycles. The quantitative estimate of drug-likeness (QED) is 0.897. The molecule has 1 heterocycles. The zero-order valence-electron chi connectivity index (χ0n) is 12.2. The zero-order valence-corrected chi connectivity index (χ0v) is 12.2. The van der Waals surface area contributed by atoms with Crippen LogP contribution < -0.4 is 4.90 Å². The van der Waals surface area contributed by atoms with Crippen LogP contribution in [-0.4, -0.2) is 48.1 Å². The number of carbonyl (C=O) groups is 2. The van der Waals surface area contributed by atoms with Gasteiger partial charge in [0.25, 0.3) is 0 Å². The summed E-state index contributed by atoms with van der Waals surface area (Å²) < 4.78 is 0. The third-order valence-corrected chi connectivity index (χ3v) is 3.55. The second-order valence-corrected chi connectivity index (χ2v) is 5.01. The second kappa shape index (κ2) is 7.04. The van der Waals surface area contributed by atoms with Gasteiger partial charge in [0.15, 0.2) is 0 Å². The van der Waals surface area contributed by atoms with Crippen LogP contribution in [0.5, 0.6) is 0 Å². The molecule has 0 spiro atoms. The molecule has 1 aromatic rings. The molecule has 0 atom stereocenters. The van der Waals surface area contributed by atoms with Crippen LogP contribution in [0.2, 0.25) is 0 Å². The minimum absolute atomic E-state index is 0.00432. The molecular formula is C16H20N2O3. The number of rotatable bonds is 5. The van der Waals surface area contributed by atoms with Crippen molar-refractivity contribution >= 4 is 17.6 Å². The molecule has 2 rings (SSSR count). The topological polar surface area (TPSA) is 60.9 Å². The average molecular weight is 288 g/mol. The van der Waals surface area contributed by atoms with Crippen LogP contribution in [0.1, 0.15) is 13.3 Å². The number of nitrogens with zero attached hydrogens (tertiary/aromatic N) is 2. The minimum atomic E-state index is -0.900. The Morgan fingerprint density at radius 1 is 1.29 bits per heavy atom. The van der Waals surface area contributed by atoms with Crippen molar-refractivity contribution < 1.29 is 14.7 Å². The number of hydrogen-bond donors (Lipinski definition) is 1. The van der Waals surface area contributed by atoms with E-state index in [0.717, 1.165) is 12.2 Å². The molecule has 1 aliphatic heterocycles. The Morgan fingerprint density at radius 2 is 2.00 bits per heavy atom. The number of amides is 1. The van der Waals surface area contributed by atoms with Crippen molar-refractivity contribution in [3.63, 3.8) is 0 Å². The number of carboxylic acid groups (broad SMARTS) is 1. The van der Waals surface area contributed by atoms with E-state index in [1.54, 1.807) is 11.0 Å². The Balaban J connectivity index is 2.00. The van der Waals surface area contributed by atoms with Gasteiger partial charge in [-0.05, 0) is 25.5 Å². The number of aliphatic carboxylic acids is 1. The van der Waals surface area contributed by atoms with Gasteiger partial charge in [0.05, 0.1) is 6.54 Å². The van der Waals surface area contributed by atoms with Crippen molar-refractivity contribution in [1.29, 1.82) is 0 Å². The van der Waals surface area contributed by atoms with Crippen LogP contribution in [0.25, 0.3) is 0 Å². The normalized spacial score (nSPS) is 15.4. The highest BCUT2D eigenvalue weighted by molar-refractivity contribution is 5.95. The number of para-hydroxylation sites is 1. The van der Waals surface area contributed by atoms with Crippen molar-refractivity contribution in [2.45, 2.75) is 13.3 Å². The van der Waals surface area contributed by atoms with Crippen molar-refractivity contribution in [2.24, 2.45) is 0 Å². The SMILES string of the molecule is CCN(C(=O)CN1CCC=C(C(=O)O)C1)c1ccccc1. The molecule has 1 N–H and O–H groups in total. The summed E-state index contributed by atoms with van der Waals surface area (Å²) in [5.74, 6) is -0.905. The standard InChI is InChI=1S/C16H20N2O3/c1-2-18(14-8-4-3-5-9-14)15(19)12-17-10-6-7-13(11-17)16(20)21/h3-5,7-9H,2,6,10-12H2,1H3,(H,20,21). The van der Waals surface area contributed by atoms with Gasteiger partial charge < -0.3 is 10.0 Å². The fraction of sp³-hybridized carbons (Fsp3) is 0.375. The molecule has 0 fully saturated rings. The van der Waals surface area contributed by atoms with Crippen molar-refractivity contribution in [2.75, 3.05) is 31.1 Å². The zero-order chi connectivity index (χ0) is 15.2. The van der Waals surface area contributed by atoms with Gasteiger partial charge in [0.2, 0.25) is 5.91 Å². The summed E-state index contributed by atoms with van der Waals surface area (Å²) in [7, 11) is 0. The van der Waals surface area contributed by atoms with Gasteiger partial charge in [-0.15, -0.1) is 0 Å². The third kappa shape index (κ3) is 3.92. The van der Waals surface area contributed by atoms with Crippen molar-refractivity contribution in [3.8, 4) is 0 Å². The maximum atomic E-state index is 12.4. The van der Waals surface area contributed by atoms with E-state index in [-0.39, 0.29) is 12.5 Å². The van der Waals surface area contributed by atoms with E-state index >= 15 is 0 Å². The first kappa shape index (κ1) is 15.3. The largest absolute Gasteiger partial charge is 0.478 e. The number of carboxylic acids is 1. The third-order valence-electron chi connectivity index (χ3n) is 3.55. The van der Waals surface area contributed by atoms with E-state index in [1.807, 2.05) is 42.2 Å². The smallest absolute Gasteiger partial charge is 0.332 e. The number of likely N-dealkylation sites (N-methyl/N-ethyl adjacent to an activating group) is 1. The second-order valence-electron chi connectivity index (χ2n) is 5.01. The van der Waals surface area contributed by atoms with Crippen LogP contribution in [0.15, 0.2) is 42.0 Å². The molecule has 1 aromatic carbocycles. The fourth-order valence-electron chi connectivity index (χ4n) is 2.48. The van der Waals surface area contributed by atoms with Crippen molar-refractivity contribution in [1.82, 2.24) is 4.90 Å². The molecule has 0 bridgehead atoms. The average Bonchev–Trinajstić information content (AvgIpc) is 2.49. The van der Waals surface area contributed by atoms with Gasteiger partial charge in [-0.3, -0.25) is 9.69 Å². The fourth-order valence-corrected chi connectivity index (χ4v) is 2.48. The maximum Gasteiger partial charge on any atom is 0.332 e. The number of carbonyl (C=O) groups excluding carboxylic acids is 1. The highest BCUT2D eigenvalue weighted by Crippen LogP contribution is 2.15. The van der Waals surface area contributed by atoms with Gasteiger partial charge in [-0.2, -0.15) is 0 Å². The monoisotopic (exact) mass is 288 g/mol. The molecule has 21 heavy (non-hydrogen) atoms. The van der Waals surface area contributed by atoms with E-state index in [0.29, 0.717) is 25.1 Å². The van der Waals surface area contributed by atoms with E-state index in [4.69, 9.17) is 5.11 Å². The summed E-state index contributed by atoms with van der Waals surface area (Å²) >= 11 is 0. The molecule has 112 valence electrons. The van der Waals surface area contributed by atoms with E-state index in [9.17, 15) is 9.59 Å². The molecule has 5 heteroatoms. The molecule has 0 saturated carbocycles. The Bertz CT molecular complexity index is 540. The van der Waals surface area contributed by atoms with Gasteiger partial charge in [-0.25, -0.2) is 4.79 Å². The minimum Gasteiger partial charge on any atom is -0.478 e. The van der Waals surface area contributed by atoms with E-state index < -0.39 is 5.97 Å². The molecule has 0 unspecified atom stereocenters. The lowest BCUT2D eigenvalue weighted by atomic mass is 10.1. The molecule has 1 amide bonds. The van der Waals surface area contributed by atoms with E-state index in [2.05, 4.69) is 0 Å². The van der Waals surface area contributed by atoms with Crippen LogP contribution in [0, 0.1) is 0 Å². The Labute approximate surface area is 124 Å². The van der Waals surface area contributed by atoms with Gasteiger partial charge >= 0.3 is 5.97 Å². The molecule has 5 nitrogen and oxygen atoms in total. The summed E-state index contributed by atoms with van der Waals surface area (Å²) in [6.45, 7) is 3.82. The molecule has 0 aromatic heterocycles. The van der Waals surface area contributed by atoms with Crippen molar-refractivity contribution in [3.05, 3.63) is 42.0 Å². The molecule has 0 radical (unpaired) electrons. The highest BCUT2D eigenvalue weighted by atomic mass is 16.4. The number of hydrogen-bond acceptors (Lipinski definition) is 3. The van der Waals surface area contributed by atoms with E-state index in [1.165, 1.54) is 0 Å². The first-order valence-electron chi connectivity index (χ1n) is 7.12. The lowest BCUT2D eigenvalue weighted by Crippen LogP contribution is -2.43. The lowest BCUT2D eigenvalue weighted by molar-refractivity contribution is -0.133.